The van der Waals surface area contributed by atoms with Crippen molar-refractivity contribution < 1.29 is 17.9 Å². The molecule has 0 fully saturated rings. The van der Waals surface area contributed by atoms with Gasteiger partial charge in [-0.05, 0) is 31.2 Å². The second kappa shape index (κ2) is 4.75. The summed E-state index contributed by atoms with van der Waals surface area (Å²) in [6.07, 6.45) is -2.16. The third-order valence-electron chi connectivity index (χ3n) is 2.31. The number of hydrogen-bond acceptors (Lipinski definition) is 3. The number of alkyl halides is 3. The van der Waals surface area contributed by atoms with Gasteiger partial charge >= 0.3 is 6.36 Å². The van der Waals surface area contributed by atoms with E-state index in [1.54, 1.807) is 19.1 Å². The summed E-state index contributed by atoms with van der Waals surface area (Å²) in [6, 6.07) is 5.50. The molecule has 0 N–H and O–H groups in total. The van der Waals surface area contributed by atoms with Gasteiger partial charge in [0.2, 0.25) is 0 Å². The first kappa shape index (κ1) is 13.1. The first-order valence-electron chi connectivity index (χ1n) is 5.27. The van der Waals surface area contributed by atoms with E-state index in [0.29, 0.717) is 5.69 Å². The highest BCUT2D eigenvalue weighted by Gasteiger charge is 2.32. The first-order chi connectivity index (χ1) is 8.87. The van der Waals surface area contributed by atoms with Crippen molar-refractivity contribution in [3.05, 3.63) is 52.7 Å². The van der Waals surface area contributed by atoms with Crippen LogP contribution in [0.15, 0.2) is 41.5 Å². The maximum Gasteiger partial charge on any atom is 0.573 e. The second-order valence-electron chi connectivity index (χ2n) is 3.75. The lowest BCUT2D eigenvalue weighted by Crippen LogP contribution is -2.26. The van der Waals surface area contributed by atoms with Crippen LogP contribution in [0.4, 0.5) is 13.2 Å². The van der Waals surface area contributed by atoms with Crippen molar-refractivity contribution in [1.82, 2.24) is 9.55 Å². The third kappa shape index (κ3) is 3.12. The number of halogens is 3. The molecule has 0 saturated carbocycles. The van der Waals surface area contributed by atoms with Gasteiger partial charge in [-0.3, -0.25) is 14.3 Å². The van der Waals surface area contributed by atoms with Crippen molar-refractivity contribution in [3.63, 3.8) is 0 Å². The quantitative estimate of drug-likeness (QED) is 0.841. The van der Waals surface area contributed by atoms with E-state index in [2.05, 4.69) is 9.72 Å². The molecule has 0 spiro atoms. The van der Waals surface area contributed by atoms with E-state index in [-0.39, 0.29) is 0 Å². The Bertz CT molecular complexity index is 633. The van der Waals surface area contributed by atoms with Crippen LogP contribution in [-0.2, 0) is 0 Å². The summed E-state index contributed by atoms with van der Waals surface area (Å²) >= 11 is 0. The molecule has 0 saturated heterocycles. The van der Waals surface area contributed by atoms with Crippen LogP contribution in [-0.4, -0.2) is 15.9 Å². The molecule has 0 radical (unpaired) electrons. The largest absolute Gasteiger partial charge is 0.573 e. The monoisotopic (exact) mass is 270 g/mol. The van der Waals surface area contributed by atoms with E-state index < -0.39 is 17.7 Å². The van der Waals surface area contributed by atoms with Gasteiger partial charge in [0.1, 0.15) is 0 Å². The van der Waals surface area contributed by atoms with Gasteiger partial charge in [0, 0.05) is 11.9 Å². The molecule has 2 rings (SSSR count). The van der Waals surface area contributed by atoms with Gasteiger partial charge in [0.15, 0.2) is 5.75 Å². The average molecular weight is 270 g/mol. The molecule has 0 amide bonds. The molecule has 2 aromatic rings. The lowest BCUT2D eigenvalue weighted by molar-refractivity contribution is -0.275. The van der Waals surface area contributed by atoms with Gasteiger partial charge in [-0.15, -0.1) is 13.2 Å². The number of rotatable bonds is 2. The minimum atomic E-state index is -4.90. The fourth-order valence-electron chi connectivity index (χ4n) is 1.48. The minimum Gasteiger partial charge on any atom is -0.400 e. The summed E-state index contributed by atoms with van der Waals surface area (Å²) in [6.45, 7) is 1.76. The van der Waals surface area contributed by atoms with Crippen LogP contribution in [0.25, 0.3) is 5.69 Å². The van der Waals surface area contributed by atoms with E-state index >= 15 is 0 Å². The number of pyridine rings is 2. The molecule has 0 unspecified atom stereocenters. The molecular formula is C12H9F3N2O2. The van der Waals surface area contributed by atoms with E-state index in [1.807, 2.05) is 0 Å². The Kier molecular flexibility index (Phi) is 3.28. The highest BCUT2D eigenvalue weighted by atomic mass is 19.4. The first-order valence-corrected chi connectivity index (χ1v) is 5.27. The van der Waals surface area contributed by atoms with E-state index in [1.165, 1.54) is 18.5 Å². The normalized spacial score (nSPS) is 11.4. The fourth-order valence-corrected chi connectivity index (χ4v) is 1.48. The highest BCUT2D eigenvalue weighted by Crippen LogP contribution is 2.19. The van der Waals surface area contributed by atoms with Crippen molar-refractivity contribution in [2.24, 2.45) is 0 Å². The van der Waals surface area contributed by atoms with Gasteiger partial charge in [0.05, 0.1) is 11.9 Å². The smallest absolute Gasteiger partial charge is 0.400 e. The predicted molar refractivity (Wildman–Crippen MR) is 61.3 cm³/mol. The molecule has 2 heterocycles. The predicted octanol–water partition coefficient (Wildman–Crippen LogP) is 2.44. The summed E-state index contributed by atoms with van der Waals surface area (Å²) < 4.78 is 41.1. The number of aryl methyl sites for hydroxylation is 1. The fraction of sp³-hybridized carbons (Fsp3) is 0.167. The van der Waals surface area contributed by atoms with Gasteiger partial charge in [0.25, 0.3) is 5.56 Å². The number of ether oxygens (including phenoxy) is 1. The lowest BCUT2D eigenvalue weighted by Gasteiger charge is -2.10. The lowest BCUT2D eigenvalue weighted by atomic mass is 10.3. The maximum atomic E-state index is 12.1. The molecule has 0 atom stereocenters. The van der Waals surface area contributed by atoms with Gasteiger partial charge in [-0.1, -0.05) is 0 Å². The Labute approximate surface area is 106 Å². The van der Waals surface area contributed by atoms with E-state index in [9.17, 15) is 18.0 Å². The Hall–Kier alpha value is -2.31. The third-order valence-corrected chi connectivity index (χ3v) is 2.31. The standard InChI is InChI=1S/C12H9F3N2O2/c1-8-4-5-9(7-16-8)17-6-2-3-10(11(17)18)19-12(13,14)15/h2-7H,1H3. The molecule has 0 aliphatic rings. The molecule has 0 aliphatic carbocycles. The van der Waals surface area contributed by atoms with Crippen LogP contribution in [0.1, 0.15) is 5.69 Å². The molecule has 4 nitrogen and oxygen atoms in total. The van der Waals surface area contributed by atoms with Crippen molar-refractivity contribution in [1.29, 1.82) is 0 Å². The zero-order valence-corrected chi connectivity index (χ0v) is 9.81. The molecule has 2 aromatic heterocycles. The Morgan fingerprint density at radius 3 is 2.58 bits per heavy atom. The van der Waals surface area contributed by atoms with Crippen LogP contribution in [0.3, 0.4) is 0 Å². The number of aromatic nitrogens is 2. The van der Waals surface area contributed by atoms with Crippen LogP contribution in [0.5, 0.6) is 5.75 Å². The molecule has 7 heteroatoms. The number of hydrogen-bond donors (Lipinski definition) is 0. The van der Waals surface area contributed by atoms with Gasteiger partial charge in [-0.2, -0.15) is 0 Å². The van der Waals surface area contributed by atoms with E-state index in [0.717, 1.165) is 16.3 Å². The summed E-state index contributed by atoms with van der Waals surface area (Å²) in [7, 11) is 0. The van der Waals surface area contributed by atoms with Crippen molar-refractivity contribution in [2.75, 3.05) is 0 Å². The Morgan fingerprint density at radius 1 is 1.26 bits per heavy atom. The van der Waals surface area contributed by atoms with Gasteiger partial charge < -0.3 is 4.74 Å². The summed E-state index contributed by atoms with van der Waals surface area (Å²) in [5, 5.41) is 0. The van der Waals surface area contributed by atoms with Crippen LogP contribution >= 0.6 is 0 Å². The zero-order chi connectivity index (χ0) is 14.0. The molecule has 19 heavy (non-hydrogen) atoms. The van der Waals surface area contributed by atoms with Crippen LogP contribution in [0.2, 0.25) is 0 Å². The summed E-state index contributed by atoms with van der Waals surface area (Å²) in [5.74, 6) is -0.782. The molecule has 0 aromatic carbocycles. The maximum absolute atomic E-state index is 12.1. The van der Waals surface area contributed by atoms with Crippen LogP contribution in [0, 0.1) is 6.92 Å². The summed E-state index contributed by atoms with van der Waals surface area (Å²) in [5.41, 5.74) is 0.202. The molecule has 0 bridgehead atoms. The number of nitrogens with zero attached hydrogens (tertiary/aromatic N) is 2. The average Bonchev–Trinajstić information content (AvgIpc) is 2.32. The van der Waals surface area contributed by atoms with Crippen molar-refractivity contribution in [2.45, 2.75) is 13.3 Å². The van der Waals surface area contributed by atoms with E-state index in [4.69, 9.17) is 0 Å². The topological polar surface area (TPSA) is 44.1 Å². The van der Waals surface area contributed by atoms with Gasteiger partial charge in [-0.25, -0.2) is 0 Å². The molecular weight excluding hydrogens is 261 g/mol. The van der Waals surface area contributed by atoms with Crippen molar-refractivity contribution in [3.8, 4) is 11.4 Å². The highest BCUT2D eigenvalue weighted by molar-refractivity contribution is 5.32. The van der Waals surface area contributed by atoms with Crippen molar-refractivity contribution >= 4 is 0 Å². The molecule has 100 valence electrons. The zero-order valence-electron chi connectivity index (χ0n) is 9.81. The minimum absolute atomic E-state index is 0.364. The Balaban J connectivity index is 2.46. The SMILES string of the molecule is Cc1ccc(-n2cccc(OC(F)(F)F)c2=O)cn1. The second-order valence-corrected chi connectivity index (χ2v) is 3.75. The summed E-state index contributed by atoms with van der Waals surface area (Å²) in [4.78, 5) is 15.8. The molecule has 0 aliphatic heterocycles. The van der Waals surface area contributed by atoms with Crippen LogP contribution < -0.4 is 10.3 Å². The Morgan fingerprint density at radius 2 is 2.00 bits per heavy atom.